The molecule has 5 nitrogen and oxygen atoms in total. The monoisotopic (exact) mass is 420 g/mol. The lowest BCUT2D eigenvalue weighted by molar-refractivity contribution is -0.136. The summed E-state index contributed by atoms with van der Waals surface area (Å²) in [4.78, 5) is 10.9. The average Bonchev–Trinajstić information content (AvgIpc) is 3.13. The number of ether oxygens (including phenoxy) is 1. The second kappa shape index (κ2) is 10.5. The van der Waals surface area contributed by atoms with Crippen molar-refractivity contribution in [3.63, 3.8) is 0 Å². The van der Waals surface area contributed by atoms with Crippen molar-refractivity contribution in [3.8, 4) is 11.8 Å². The molecule has 164 valence electrons. The number of carboxylic acids is 1. The third kappa shape index (κ3) is 6.57. The van der Waals surface area contributed by atoms with Crippen LogP contribution in [0.25, 0.3) is 0 Å². The summed E-state index contributed by atoms with van der Waals surface area (Å²) >= 11 is 0. The van der Waals surface area contributed by atoms with Gasteiger partial charge in [0.05, 0.1) is 12.2 Å². The summed E-state index contributed by atoms with van der Waals surface area (Å²) in [6, 6.07) is 16.2. The second-order valence-corrected chi connectivity index (χ2v) is 9.06. The maximum absolute atomic E-state index is 10.9. The van der Waals surface area contributed by atoms with E-state index in [-0.39, 0.29) is 12.0 Å². The molecular weight excluding hydrogens is 388 g/mol. The first-order chi connectivity index (χ1) is 14.9. The molecule has 0 unspecified atom stereocenters. The van der Waals surface area contributed by atoms with Crippen molar-refractivity contribution in [1.82, 2.24) is 5.32 Å². The lowest BCUT2D eigenvalue weighted by Crippen LogP contribution is -2.42. The minimum Gasteiger partial charge on any atom is -0.492 e. The Balaban J connectivity index is 1.45. The molecule has 31 heavy (non-hydrogen) atoms. The molecule has 0 atom stereocenters. The first-order valence-corrected chi connectivity index (χ1v) is 11.1. The Bertz CT molecular complexity index is 921. The SMILES string of the molecule is CC(C)(CC1Cc2ccccc2C1)NCCCOc1c(C#N)cccc1CCC(=O)O. The highest BCUT2D eigenvalue weighted by atomic mass is 16.5. The number of benzene rings is 2. The third-order valence-electron chi connectivity index (χ3n) is 5.93. The molecule has 0 amide bonds. The number of aliphatic carboxylic acids is 1. The number of carbonyl (C=O) groups is 1. The molecule has 0 saturated heterocycles. The largest absolute Gasteiger partial charge is 0.492 e. The molecule has 0 aromatic heterocycles. The second-order valence-electron chi connectivity index (χ2n) is 9.06. The van der Waals surface area contributed by atoms with Crippen LogP contribution in [-0.4, -0.2) is 29.8 Å². The Hall–Kier alpha value is -2.84. The zero-order valence-electron chi connectivity index (χ0n) is 18.5. The van der Waals surface area contributed by atoms with Gasteiger partial charge in [0, 0.05) is 12.0 Å². The van der Waals surface area contributed by atoms with E-state index in [0.29, 0.717) is 30.3 Å². The molecule has 0 fully saturated rings. The molecule has 0 aliphatic heterocycles. The summed E-state index contributed by atoms with van der Waals surface area (Å²) in [5, 5.41) is 22.0. The van der Waals surface area contributed by atoms with E-state index in [1.165, 1.54) is 11.1 Å². The fourth-order valence-electron chi connectivity index (χ4n) is 4.54. The Morgan fingerprint density at radius 3 is 2.55 bits per heavy atom. The van der Waals surface area contributed by atoms with Crippen LogP contribution in [0.15, 0.2) is 42.5 Å². The lowest BCUT2D eigenvalue weighted by atomic mass is 9.88. The minimum atomic E-state index is -0.856. The fraction of sp³-hybridized carbons (Fsp3) is 0.462. The summed E-state index contributed by atoms with van der Waals surface area (Å²) in [5.74, 6) is 0.342. The first kappa shape index (κ1) is 22.8. The summed E-state index contributed by atoms with van der Waals surface area (Å²) in [5.41, 5.74) is 4.26. The van der Waals surface area contributed by atoms with E-state index < -0.39 is 5.97 Å². The highest BCUT2D eigenvalue weighted by molar-refractivity contribution is 5.67. The number of nitriles is 1. The number of carboxylic acid groups (broad SMARTS) is 1. The number of fused-ring (bicyclic) bond motifs is 1. The normalized spacial score (nSPS) is 13.6. The van der Waals surface area contributed by atoms with Crippen molar-refractivity contribution in [3.05, 3.63) is 64.7 Å². The van der Waals surface area contributed by atoms with E-state index in [0.717, 1.165) is 37.8 Å². The van der Waals surface area contributed by atoms with Gasteiger partial charge in [-0.1, -0.05) is 36.4 Å². The molecular formula is C26H32N2O3. The smallest absolute Gasteiger partial charge is 0.303 e. The summed E-state index contributed by atoms with van der Waals surface area (Å²) in [7, 11) is 0. The maximum Gasteiger partial charge on any atom is 0.303 e. The van der Waals surface area contributed by atoms with E-state index in [4.69, 9.17) is 9.84 Å². The minimum absolute atomic E-state index is 0.0199. The van der Waals surface area contributed by atoms with Gasteiger partial charge in [-0.15, -0.1) is 0 Å². The zero-order valence-corrected chi connectivity index (χ0v) is 18.5. The van der Waals surface area contributed by atoms with E-state index in [1.807, 2.05) is 6.07 Å². The van der Waals surface area contributed by atoms with Crippen LogP contribution in [0.2, 0.25) is 0 Å². The summed E-state index contributed by atoms with van der Waals surface area (Å²) in [6.07, 6.45) is 4.63. The van der Waals surface area contributed by atoms with Gasteiger partial charge in [-0.2, -0.15) is 5.26 Å². The van der Waals surface area contributed by atoms with Crippen LogP contribution in [0.1, 0.15) is 55.4 Å². The first-order valence-electron chi connectivity index (χ1n) is 11.1. The van der Waals surface area contributed by atoms with Crippen LogP contribution in [0.5, 0.6) is 5.75 Å². The molecule has 0 bridgehead atoms. The summed E-state index contributed by atoms with van der Waals surface area (Å²) in [6.45, 7) is 5.82. The van der Waals surface area contributed by atoms with Crippen molar-refractivity contribution in [1.29, 1.82) is 5.26 Å². The van der Waals surface area contributed by atoms with Gasteiger partial charge in [0.25, 0.3) is 0 Å². The predicted octanol–water partition coefficient (Wildman–Crippen LogP) is 4.52. The van der Waals surface area contributed by atoms with Gasteiger partial charge in [-0.05, 0) is 81.2 Å². The molecule has 2 aromatic rings. The van der Waals surface area contributed by atoms with Gasteiger partial charge in [0.1, 0.15) is 11.8 Å². The quantitative estimate of drug-likeness (QED) is 0.523. The molecule has 2 N–H and O–H groups in total. The van der Waals surface area contributed by atoms with Crippen molar-refractivity contribution >= 4 is 5.97 Å². The summed E-state index contributed by atoms with van der Waals surface area (Å²) < 4.78 is 5.93. The van der Waals surface area contributed by atoms with Crippen molar-refractivity contribution in [2.75, 3.05) is 13.2 Å². The van der Waals surface area contributed by atoms with Gasteiger partial charge in [0.15, 0.2) is 0 Å². The molecule has 1 aliphatic carbocycles. The van der Waals surface area contributed by atoms with E-state index in [9.17, 15) is 10.1 Å². The van der Waals surface area contributed by atoms with Crippen LogP contribution in [0, 0.1) is 17.2 Å². The molecule has 1 aliphatic rings. The van der Waals surface area contributed by atoms with Crippen LogP contribution in [0.3, 0.4) is 0 Å². The molecule has 0 radical (unpaired) electrons. The van der Waals surface area contributed by atoms with E-state index in [2.05, 4.69) is 49.5 Å². The van der Waals surface area contributed by atoms with E-state index >= 15 is 0 Å². The van der Waals surface area contributed by atoms with Crippen molar-refractivity contribution in [2.45, 2.75) is 57.9 Å². The van der Waals surface area contributed by atoms with Crippen molar-refractivity contribution in [2.24, 2.45) is 5.92 Å². The van der Waals surface area contributed by atoms with Gasteiger partial charge in [0.2, 0.25) is 0 Å². The number of para-hydroxylation sites is 1. The number of nitrogens with zero attached hydrogens (tertiary/aromatic N) is 1. The number of nitrogens with one attached hydrogen (secondary N) is 1. The highest BCUT2D eigenvalue weighted by Crippen LogP contribution is 2.32. The Kier molecular flexibility index (Phi) is 7.70. The van der Waals surface area contributed by atoms with Crippen molar-refractivity contribution < 1.29 is 14.6 Å². The average molecular weight is 421 g/mol. The topological polar surface area (TPSA) is 82.3 Å². The number of rotatable bonds is 11. The van der Waals surface area contributed by atoms with Gasteiger partial charge < -0.3 is 15.2 Å². The van der Waals surface area contributed by atoms with Crippen LogP contribution in [0.4, 0.5) is 0 Å². The standard InChI is InChI=1S/C26H32N2O3/c1-26(2,17-19-15-21-7-3-4-8-22(21)16-19)28-13-6-14-31-25-20(11-12-24(29)30)9-5-10-23(25)18-27/h3-5,7-10,19,28H,6,11-17H2,1-2H3,(H,29,30). The molecule has 5 heteroatoms. The molecule has 2 aromatic carbocycles. The Morgan fingerprint density at radius 1 is 1.19 bits per heavy atom. The molecule has 0 heterocycles. The Labute approximate surface area is 185 Å². The fourth-order valence-corrected chi connectivity index (χ4v) is 4.54. The predicted molar refractivity (Wildman–Crippen MR) is 121 cm³/mol. The van der Waals surface area contributed by atoms with Gasteiger partial charge >= 0.3 is 5.97 Å². The van der Waals surface area contributed by atoms with Crippen LogP contribution in [-0.2, 0) is 24.1 Å². The van der Waals surface area contributed by atoms with Crippen LogP contribution >= 0.6 is 0 Å². The zero-order chi connectivity index (χ0) is 22.3. The van der Waals surface area contributed by atoms with Crippen LogP contribution < -0.4 is 10.1 Å². The third-order valence-corrected chi connectivity index (χ3v) is 5.93. The van der Waals surface area contributed by atoms with E-state index in [1.54, 1.807) is 12.1 Å². The Morgan fingerprint density at radius 2 is 1.90 bits per heavy atom. The van der Waals surface area contributed by atoms with Gasteiger partial charge in [-0.3, -0.25) is 4.79 Å². The lowest BCUT2D eigenvalue weighted by Gasteiger charge is -2.29. The number of hydrogen-bond acceptors (Lipinski definition) is 4. The number of aryl methyl sites for hydroxylation is 1. The maximum atomic E-state index is 10.9. The van der Waals surface area contributed by atoms with Gasteiger partial charge in [-0.25, -0.2) is 0 Å². The highest BCUT2D eigenvalue weighted by Gasteiger charge is 2.27. The molecule has 0 saturated carbocycles. The molecule has 3 rings (SSSR count). The number of hydrogen-bond donors (Lipinski definition) is 2. The molecule has 0 spiro atoms.